The summed E-state index contributed by atoms with van der Waals surface area (Å²) in [5, 5.41) is 10.7. The lowest BCUT2D eigenvalue weighted by Gasteiger charge is -2.21. The smallest absolute Gasteiger partial charge is 0.239 e. The number of anilines is 2. The minimum Gasteiger partial charge on any atom is -0.361 e. The molecule has 1 aliphatic rings. The summed E-state index contributed by atoms with van der Waals surface area (Å²) in [6, 6.07) is 17.0. The minimum absolute atomic E-state index is 0.114. The van der Waals surface area contributed by atoms with Gasteiger partial charge < -0.3 is 16.0 Å². The lowest BCUT2D eigenvalue weighted by atomic mass is 10.2. The first-order chi connectivity index (χ1) is 16.5. The van der Waals surface area contributed by atoms with Crippen LogP contribution in [0.25, 0.3) is 0 Å². The van der Waals surface area contributed by atoms with Crippen molar-refractivity contribution in [2.45, 2.75) is 24.1 Å². The number of benzene rings is 2. The van der Waals surface area contributed by atoms with Crippen molar-refractivity contribution in [1.29, 1.82) is 0 Å². The number of nitrogens with one attached hydrogen (secondary N) is 3. The normalized spacial score (nSPS) is 13.9. The zero-order valence-corrected chi connectivity index (χ0v) is 21.5. The standard InChI is InChI=1S/C24H25Cl2N5OS2/c25-18-7-5-16(6-8-18)13-28-22(32)15-27-21-12-20(23-33-9-2-10-34-23)30-24(31-21)29-14-17-3-1-4-19(26)11-17/h1,3-8,11-12,23H,2,9-10,13-15H2,(H,28,32)(H2,27,29,30,31). The van der Waals surface area contributed by atoms with Gasteiger partial charge in [-0.1, -0.05) is 47.5 Å². The number of halogens is 2. The summed E-state index contributed by atoms with van der Waals surface area (Å²) in [6.45, 7) is 1.10. The highest BCUT2D eigenvalue weighted by Gasteiger charge is 2.20. The molecule has 1 amide bonds. The molecule has 1 aromatic heterocycles. The molecule has 1 saturated heterocycles. The lowest BCUT2D eigenvalue weighted by molar-refractivity contribution is -0.119. The molecule has 3 N–H and O–H groups in total. The van der Waals surface area contributed by atoms with Gasteiger partial charge in [0.05, 0.1) is 16.8 Å². The number of amides is 1. The van der Waals surface area contributed by atoms with Gasteiger partial charge in [0.15, 0.2) is 0 Å². The molecular formula is C24H25Cl2N5OS2. The Bertz CT molecular complexity index is 1110. The maximum absolute atomic E-state index is 12.4. The predicted molar refractivity (Wildman–Crippen MR) is 145 cm³/mol. The van der Waals surface area contributed by atoms with Crippen molar-refractivity contribution in [3.8, 4) is 0 Å². The monoisotopic (exact) mass is 533 g/mol. The molecule has 3 aromatic rings. The molecule has 1 fully saturated rings. The van der Waals surface area contributed by atoms with Gasteiger partial charge in [0.2, 0.25) is 11.9 Å². The van der Waals surface area contributed by atoms with Crippen LogP contribution in [0.4, 0.5) is 11.8 Å². The zero-order chi connectivity index (χ0) is 23.8. The molecule has 2 heterocycles. The first kappa shape index (κ1) is 25.0. The van der Waals surface area contributed by atoms with E-state index in [2.05, 4.69) is 20.9 Å². The second-order valence-electron chi connectivity index (χ2n) is 7.67. The molecule has 6 nitrogen and oxygen atoms in total. The Morgan fingerprint density at radius 2 is 1.71 bits per heavy atom. The van der Waals surface area contributed by atoms with E-state index in [-0.39, 0.29) is 17.0 Å². The van der Waals surface area contributed by atoms with E-state index in [0.29, 0.717) is 34.9 Å². The van der Waals surface area contributed by atoms with Crippen LogP contribution in [0, 0.1) is 0 Å². The Hall–Kier alpha value is -2.13. The number of carbonyl (C=O) groups excluding carboxylic acids is 1. The van der Waals surface area contributed by atoms with E-state index >= 15 is 0 Å². The Morgan fingerprint density at radius 3 is 2.47 bits per heavy atom. The van der Waals surface area contributed by atoms with E-state index in [4.69, 9.17) is 28.2 Å². The van der Waals surface area contributed by atoms with Crippen molar-refractivity contribution in [3.63, 3.8) is 0 Å². The molecule has 1 aliphatic heterocycles. The Labute approximate surface area is 218 Å². The first-order valence-corrected chi connectivity index (χ1v) is 13.8. The van der Waals surface area contributed by atoms with Gasteiger partial charge in [0.25, 0.3) is 0 Å². The van der Waals surface area contributed by atoms with Crippen LogP contribution >= 0.6 is 46.7 Å². The highest BCUT2D eigenvalue weighted by atomic mass is 35.5. The summed E-state index contributed by atoms with van der Waals surface area (Å²) in [4.78, 5) is 21.7. The molecule has 0 bridgehead atoms. The maximum atomic E-state index is 12.4. The number of nitrogens with zero attached hydrogens (tertiary/aromatic N) is 2. The van der Waals surface area contributed by atoms with Gasteiger partial charge in [-0.15, -0.1) is 23.5 Å². The SMILES string of the molecule is O=C(CNc1cc(C2SCCCS2)nc(NCc2cccc(Cl)c2)n1)NCc1ccc(Cl)cc1. The van der Waals surface area contributed by atoms with Gasteiger partial charge in [-0.25, -0.2) is 4.98 Å². The van der Waals surface area contributed by atoms with Gasteiger partial charge in [0.1, 0.15) is 5.82 Å². The number of hydrogen-bond acceptors (Lipinski definition) is 7. The Morgan fingerprint density at radius 1 is 0.912 bits per heavy atom. The van der Waals surface area contributed by atoms with Crippen molar-refractivity contribution < 1.29 is 4.79 Å². The summed E-state index contributed by atoms with van der Waals surface area (Å²) in [7, 11) is 0. The van der Waals surface area contributed by atoms with Crippen molar-refractivity contribution >= 4 is 64.4 Å². The number of carbonyl (C=O) groups is 1. The van der Waals surface area contributed by atoms with Crippen LogP contribution in [0.3, 0.4) is 0 Å². The van der Waals surface area contributed by atoms with Crippen LogP contribution in [0.1, 0.15) is 27.8 Å². The van der Waals surface area contributed by atoms with Gasteiger partial charge in [-0.05, 0) is 53.3 Å². The molecule has 10 heteroatoms. The van der Waals surface area contributed by atoms with Gasteiger partial charge in [-0.3, -0.25) is 4.79 Å². The summed E-state index contributed by atoms with van der Waals surface area (Å²) < 4.78 is 0.253. The van der Waals surface area contributed by atoms with Crippen LogP contribution < -0.4 is 16.0 Å². The number of rotatable bonds is 9. The molecule has 4 rings (SSSR count). The Kier molecular flexibility index (Phi) is 9.21. The highest BCUT2D eigenvalue weighted by Crippen LogP contribution is 2.43. The van der Waals surface area contributed by atoms with Crippen LogP contribution in [-0.4, -0.2) is 33.9 Å². The van der Waals surface area contributed by atoms with E-state index in [1.54, 1.807) is 0 Å². The third-order valence-electron chi connectivity index (χ3n) is 4.99. The highest BCUT2D eigenvalue weighted by molar-refractivity contribution is 8.16. The third-order valence-corrected chi connectivity index (χ3v) is 8.43. The first-order valence-electron chi connectivity index (χ1n) is 10.9. The summed E-state index contributed by atoms with van der Waals surface area (Å²) in [5.41, 5.74) is 2.97. The molecule has 0 saturated carbocycles. The fourth-order valence-electron chi connectivity index (χ4n) is 3.28. The predicted octanol–water partition coefficient (Wildman–Crippen LogP) is 5.99. The molecule has 178 valence electrons. The molecular weight excluding hydrogens is 509 g/mol. The average Bonchev–Trinajstić information content (AvgIpc) is 2.86. The van der Waals surface area contributed by atoms with Gasteiger partial charge in [-0.2, -0.15) is 4.98 Å². The average molecular weight is 535 g/mol. The molecule has 34 heavy (non-hydrogen) atoms. The topological polar surface area (TPSA) is 78.9 Å². The number of aromatic nitrogens is 2. The van der Waals surface area contributed by atoms with Gasteiger partial charge >= 0.3 is 0 Å². The number of thioether (sulfide) groups is 2. The minimum atomic E-state index is -0.120. The molecule has 2 aromatic carbocycles. The summed E-state index contributed by atoms with van der Waals surface area (Å²) >= 11 is 15.8. The van der Waals surface area contributed by atoms with Crippen LogP contribution in [0.5, 0.6) is 0 Å². The zero-order valence-electron chi connectivity index (χ0n) is 18.4. The second kappa shape index (κ2) is 12.5. The van der Waals surface area contributed by atoms with Crippen molar-refractivity contribution in [2.24, 2.45) is 0 Å². The van der Waals surface area contributed by atoms with E-state index < -0.39 is 0 Å². The fourth-order valence-corrected chi connectivity index (χ4v) is 6.40. The van der Waals surface area contributed by atoms with E-state index in [1.807, 2.05) is 78.1 Å². The maximum Gasteiger partial charge on any atom is 0.239 e. The molecule has 0 unspecified atom stereocenters. The van der Waals surface area contributed by atoms with Crippen LogP contribution in [0.15, 0.2) is 54.6 Å². The largest absolute Gasteiger partial charge is 0.361 e. The third kappa shape index (κ3) is 7.70. The molecule has 0 aliphatic carbocycles. The lowest BCUT2D eigenvalue weighted by Crippen LogP contribution is -2.29. The van der Waals surface area contributed by atoms with E-state index in [1.165, 1.54) is 6.42 Å². The van der Waals surface area contributed by atoms with Gasteiger partial charge in [0, 0.05) is 29.2 Å². The number of hydrogen-bond donors (Lipinski definition) is 3. The molecule has 0 atom stereocenters. The summed E-state index contributed by atoms with van der Waals surface area (Å²) in [6.07, 6.45) is 1.20. The molecule has 0 radical (unpaired) electrons. The van der Waals surface area contributed by atoms with Crippen LogP contribution in [-0.2, 0) is 17.9 Å². The molecule has 0 spiro atoms. The summed E-state index contributed by atoms with van der Waals surface area (Å²) in [5.74, 6) is 3.25. The second-order valence-corrected chi connectivity index (χ2v) is 11.3. The van der Waals surface area contributed by atoms with Crippen LogP contribution in [0.2, 0.25) is 10.0 Å². The van der Waals surface area contributed by atoms with E-state index in [9.17, 15) is 4.79 Å². The quantitative estimate of drug-likeness (QED) is 0.311. The fraction of sp³-hybridized carbons (Fsp3) is 0.292. The Balaban J connectivity index is 1.40. The van der Waals surface area contributed by atoms with Crippen molar-refractivity contribution in [1.82, 2.24) is 15.3 Å². The van der Waals surface area contributed by atoms with Crippen molar-refractivity contribution in [3.05, 3.63) is 81.5 Å². The van der Waals surface area contributed by atoms with E-state index in [0.717, 1.165) is 28.3 Å². The van der Waals surface area contributed by atoms with Crippen molar-refractivity contribution in [2.75, 3.05) is 28.7 Å².